The molecule has 0 atom stereocenters. The molecule has 0 fully saturated rings. The monoisotopic (exact) mass is 207 g/mol. The highest BCUT2D eigenvalue weighted by Gasteiger charge is 2.16. The van der Waals surface area contributed by atoms with Crippen molar-refractivity contribution in [2.45, 2.75) is 32.8 Å². The standard InChI is InChI=1S/C12H17NO2/c1-4-12(2,3)15-10-6-5-9(8-14)11(13)7-10/h5-8H,4,13H2,1-3H3. The Kier molecular flexibility index (Phi) is 3.35. The number of rotatable bonds is 4. The molecule has 0 aliphatic carbocycles. The van der Waals surface area contributed by atoms with Crippen LogP contribution in [0.15, 0.2) is 18.2 Å². The Morgan fingerprint density at radius 2 is 2.13 bits per heavy atom. The van der Waals surface area contributed by atoms with E-state index in [1.807, 2.05) is 13.8 Å². The highest BCUT2D eigenvalue weighted by Crippen LogP contribution is 2.24. The van der Waals surface area contributed by atoms with Gasteiger partial charge in [0, 0.05) is 17.3 Å². The predicted molar refractivity (Wildman–Crippen MR) is 61.2 cm³/mol. The molecule has 0 heterocycles. The number of carbonyl (C=O) groups excluding carboxylic acids is 1. The first-order chi connectivity index (χ1) is 6.98. The highest BCUT2D eigenvalue weighted by molar-refractivity contribution is 5.83. The molecule has 0 amide bonds. The van der Waals surface area contributed by atoms with E-state index in [4.69, 9.17) is 10.5 Å². The van der Waals surface area contributed by atoms with E-state index in [-0.39, 0.29) is 5.60 Å². The molecule has 82 valence electrons. The molecule has 0 saturated carbocycles. The van der Waals surface area contributed by atoms with E-state index >= 15 is 0 Å². The zero-order valence-corrected chi connectivity index (χ0v) is 9.41. The summed E-state index contributed by atoms with van der Waals surface area (Å²) in [5.74, 6) is 0.699. The molecule has 15 heavy (non-hydrogen) atoms. The van der Waals surface area contributed by atoms with Gasteiger partial charge in [-0.15, -0.1) is 0 Å². The molecule has 2 N–H and O–H groups in total. The normalized spacial score (nSPS) is 11.1. The van der Waals surface area contributed by atoms with Crippen LogP contribution in [0, 0.1) is 0 Å². The lowest BCUT2D eigenvalue weighted by Crippen LogP contribution is -2.26. The summed E-state index contributed by atoms with van der Waals surface area (Å²) >= 11 is 0. The van der Waals surface area contributed by atoms with E-state index in [1.54, 1.807) is 18.2 Å². The van der Waals surface area contributed by atoms with Crippen LogP contribution in [0.25, 0.3) is 0 Å². The molecule has 0 aromatic heterocycles. The number of nitrogen functional groups attached to an aromatic ring is 1. The second-order valence-electron chi connectivity index (χ2n) is 4.12. The minimum Gasteiger partial charge on any atom is -0.488 e. The summed E-state index contributed by atoms with van der Waals surface area (Å²) in [6.07, 6.45) is 1.65. The number of nitrogens with two attached hydrogens (primary N) is 1. The smallest absolute Gasteiger partial charge is 0.152 e. The minimum absolute atomic E-state index is 0.213. The van der Waals surface area contributed by atoms with Crippen LogP contribution in [-0.4, -0.2) is 11.9 Å². The van der Waals surface area contributed by atoms with E-state index < -0.39 is 0 Å². The summed E-state index contributed by atoms with van der Waals surface area (Å²) in [5, 5.41) is 0. The molecule has 0 saturated heterocycles. The zero-order valence-electron chi connectivity index (χ0n) is 9.41. The van der Waals surface area contributed by atoms with Gasteiger partial charge in [0.25, 0.3) is 0 Å². The number of anilines is 1. The molecule has 3 nitrogen and oxygen atoms in total. The van der Waals surface area contributed by atoms with Crippen LogP contribution >= 0.6 is 0 Å². The maximum atomic E-state index is 10.6. The maximum absolute atomic E-state index is 10.6. The van der Waals surface area contributed by atoms with Gasteiger partial charge in [-0.2, -0.15) is 0 Å². The van der Waals surface area contributed by atoms with Crippen LogP contribution in [-0.2, 0) is 0 Å². The predicted octanol–water partition coefficient (Wildman–Crippen LogP) is 2.65. The Balaban J connectivity index is 2.89. The molecule has 3 heteroatoms. The van der Waals surface area contributed by atoms with Crippen molar-refractivity contribution in [2.75, 3.05) is 5.73 Å². The van der Waals surface area contributed by atoms with Crippen LogP contribution in [0.2, 0.25) is 0 Å². The molecule has 0 aliphatic heterocycles. The Hall–Kier alpha value is -1.51. The number of aldehydes is 1. The second-order valence-corrected chi connectivity index (χ2v) is 4.12. The molecule has 0 bridgehead atoms. The first-order valence-electron chi connectivity index (χ1n) is 5.02. The molecule has 0 aliphatic rings. The van der Waals surface area contributed by atoms with E-state index in [0.29, 0.717) is 17.0 Å². The van der Waals surface area contributed by atoms with Gasteiger partial charge in [0.1, 0.15) is 11.4 Å². The molecule has 0 spiro atoms. The topological polar surface area (TPSA) is 52.3 Å². The fourth-order valence-electron chi connectivity index (χ4n) is 1.11. The Morgan fingerprint density at radius 3 is 2.60 bits per heavy atom. The maximum Gasteiger partial charge on any atom is 0.152 e. The lowest BCUT2D eigenvalue weighted by atomic mass is 10.1. The van der Waals surface area contributed by atoms with E-state index in [0.717, 1.165) is 12.7 Å². The van der Waals surface area contributed by atoms with E-state index in [9.17, 15) is 4.79 Å². The van der Waals surface area contributed by atoms with Gasteiger partial charge in [-0.3, -0.25) is 4.79 Å². The molecular formula is C12H17NO2. The van der Waals surface area contributed by atoms with Gasteiger partial charge < -0.3 is 10.5 Å². The SMILES string of the molecule is CCC(C)(C)Oc1ccc(C=O)c(N)c1. The first-order valence-corrected chi connectivity index (χ1v) is 5.02. The number of ether oxygens (including phenoxy) is 1. The zero-order chi connectivity index (χ0) is 11.5. The molecular weight excluding hydrogens is 190 g/mol. The number of carbonyl (C=O) groups is 1. The number of hydrogen-bond donors (Lipinski definition) is 1. The Morgan fingerprint density at radius 1 is 1.47 bits per heavy atom. The first kappa shape index (κ1) is 11.6. The third-order valence-electron chi connectivity index (χ3n) is 2.43. The summed E-state index contributed by atoms with van der Waals surface area (Å²) in [4.78, 5) is 10.6. The van der Waals surface area contributed by atoms with Crippen LogP contribution in [0.3, 0.4) is 0 Å². The third-order valence-corrected chi connectivity index (χ3v) is 2.43. The molecule has 0 unspecified atom stereocenters. The highest BCUT2D eigenvalue weighted by atomic mass is 16.5. The van der Waals surface area contributed by atoms with Gasteiger partial charge in [-0.1, -0.05) is 6.92 Å². The molecule has 0 radical (unpaired) electrons. The summed E-state index contributed by atoms with van der Waals surface area (Å²) in [6, 6.07) is 5.11. The summed E-state index contributed by atoms with van der Waals surface area (Å²) < 4.78 is 5.74. The summed E-state index contributed by atoms with van der Waals surface area (Å²) in [5.41, 5.74) is 6.42. The molecule has 1 aromatic carbocycles. The van der Waals surface area contributed by atoms with Crippen molar-refractivity contribution in [3.63, 3.8) is 0 Å². The van der Waals surface area contributed by atoms with Crippen LogP contribution < -0.4 is 10.5 Å². The number of hydrogen-bond acceptors (Lipinski definition) is 3. The average Bonchev–Trinajstić information content (AvgIpc) is 2.17. The van der Waals surface area contributed by atoms with Crippen molar-refractivity contribution in [2.24, 2.45) is 0 Å². The summed E-state index contributed by atoms with van der Waals surface area (Å²) in [7, 11) is 0. The van der Waals surface area contributed by atoms with E-state index in [1.165, 1.54) is 0 Å². The molecule has 1 aromatic rings. The van der Waals surface area contributed by atoms with Crippen molar-refractivity contribution in [1.82, 2.24) is 0 Å². The average molecular weight is 207 g/mol. The van der Waals surface area contributed by atoms with Crippen LogP contribution in [0.5, 0.6) is 5.75 Å². The van der Waals surface area contributed by atoms with Crippen LogP contribution in [0.1, 0.15) is 37.6 Å². The van der Waals surface area contributed by atoms with Gasteiger partial charge in [0.15, 0.2) is 6.29 Å². The Labute approximate surface area is 90.2 Å². The lowest BCUT2D eigenvalue weighted by molar-refractivity contribution is 0.105. The van der Waals surface area contributed by atoms with Gasteiger partial charge in [-0.05, 0) is 32.4 Å². The Bertz CT molecular complexity index is 359. The van der Waals surface area contributed by atoms with Crippen LogP contribution in [0.4, 0.5) is 5.69 Å². The third kappa shape index (κ3) is 2.98. The fourth-order valence-corrected chi connectivity index (χ4v) is 1.11. The van der Waals surface area contributed by atoms with Gasteiger partial charge in [0.2, 0.25) is 0 Å². The number of benzene rings is 1. The van der Waals surface area contributed by atoms with Gasteiger partial charge in [0.05, 0.1) is 0 Å². The largest absolute Gasteiger partial charge is 0.488 e. The van der Waals surface area contributed by atoms with Crippen molar-refractivity contribution in [1.29, 1.82) is 0 Å². The van der Waals surface area contributed by atoms with Crippen molar-refractivity contribution in [3.05, 3.63) is 23.8 Å². The lowest BCUT2D eigenvalue weighted by Gasteiger charge is -2.25. The van der Waals surface area contributed by atoms with E-state index in [2.05, 4.69) is 6.92 Å². The molecule has 1 rings (SSSR count). The van der Waals surface area contributed by atoms with Gasteiger partial charge >= 0.3 is 0 Å². The van der Waals surface area contributed by atoms with Crippen molar-refractivity contribution in [3.8, 4) is 5.75 Å². The minimum atomic E-state index is -0.213. The quantitative estimate of drug-likeness (QED) is 0.610. The fraction of sp³-hybridized carbons (Fsp3) is 0.417. The second kappa shape index (κ2) is 4.34. The van der Waals surface area contributed by atoms with Crippen molar-refractivity contribution >= 4 is 12.0 Å². The van der Waals surface area contributed by atoms with Crippen molar-refractivity contribution < 1.29 is 9.53 Å². The summed E-state index contributed by atoms with van der Waals surface area (Å²) in [6.45, 7) is 6.08. The van der Waals surface area contributed by atoms with Gasteiger partial charge in [-0.25, -0.2) is 0 Å².